The third-order valence-corrected chi connectivity index (χ3v) is 6.57. The summed E-state index contributed by atoms with van der Waals surface area (Å²) >= 11 is 0. The van der Waals surface area contributed by atoms with Crippen molar-refractivity contribution < 1.29 is 26.2 Å². The van der Waals surface area contributed by atoms with Crippen LogP contribution in [0.3, 0.4) is 0 Å². The third-order valence-electron chi connectivity index (χ3n) is 6.57. The molecule has 3 aliphatic carbocycles. The van der Waals surface area contributed by atoms with Crippen LogP contribution >= 0.6 is 24.8 Å². The van der Waals surface area contributed by atoms with Gasteiger partial charge in [-0.2, -0.15) is 23.3 Å². The zero-order chi connectivity index (χ0) is 27.1. The first-order valence-corrected chi connectivity index (χ1v) is 15.7. The topological polar surface area (TPSA) is 0 Å². The summed E-state index contributed by atoms with van der Waals surface area (Å²) in [5.74, 6) is 0. The van der Waals surface area contributed by atoms with Crippen molar-refractivity contribution in [3.05, 3.63) is 142 Å². The first-order chi connectivity index (χ1) is 17.8. The summed E-state index contributed by atoms with van der Waals surface area (Å²) < 4.78 is 0. The summed E-state index contributed by atoms with van der Waals surface area (Å²) in [4.78, 5) is 0. The minimum atomic E-state index is 0. The molecular weight excluding hydrogens is 623 g/mol. The van der Waals surface area contributed by atoms with E-state index in [1.54, 1.807) is 0 Å². The fraction of sp³-hybridized carbons (Fsp3) is 0.333. The fourth-order valence-corrected chi connectivity index (χ4v) is 4.18. The average Bonchev–Trinajstić information content (AvgIpc) is 3.63. The molecule has 0 bridgehead atoms. The summed E-state index contributed by atoms with van der Waals surface area (Å²) in [6, 6.07) is 21.0. The quantitative estimate of drug-likeness (QED) is 0.225. The normalized spacial score (nSPS) is 15.2. The van der Waals surface area contributed by atoms with E-state index in [0.29, 0.717) is 0 Å². The largest absolute Gasteiger partial charge is 3.00 e. The van der Waals surface area contributed by atoms with Crippen LogP contribution in [-0.4, -0.2) is 9.52 Å². The Morgan fingerprint density at radius 2 is 1.07 bits per heavy atom. The second-order valence-electron chi connectivity index (χ2n) is 10.1. The molecule has 0 N–H and O–H groups in total. The van der Waals surface area contributed by atoms with Gasteiger partial charge in [-0.15, -0.1) is 44.6 Å². The monoisotopic (exact) mass is 666 g/mol. The summed E-state index contributed by atoms with van der Waals surface area (Å²) in [7, 11) is 0.750. The van der Waals surface area contributed by atoms with Gasteiger partial charge in [0.25, 0.3) is 0 Å². The Hall–Kier alpha value is -1.44. The Morgan fingerprint density at radius 1 is 0.700 bits per heavy atom. The van der Waals surface area contributed by atoms with Crippen LogP contribution in [0.5, 0.6) is 0 Å². The van der Waals surface area contributed by atoms with Gasteiger partial charge in [0, 0.05) is 9.52 Å². The molecule has 0 unspecified atom stereocenters. The fourth-order valence-electron chi connectivity index (χ4n) is 4.18. The standard InChI is InChI=1S/2C12H11.C10H15.C2H7Si.2ClH.Zr/c2*1-2-6-11(7-3-1)10-12-8-4-5-9-12;1-7-6-10(4,5)9(3)8(7)2;1-3-2;;;/h2*1-4,6-8H,5,10H2;1-5H3;3H,1-2H3;2*1H;/q3*-1;;;;+3. The summed E-state index contributed by atoms with van der Waals surface area (Å²) in [5, 5.41) is 0. The van der Waals surface area contributed by atoms with E-state index >= 15 is 0 Å². The molecule has 0 aliphatic heterocycles. The maximum Gasteiger partial charge on any atom is 3.00 e. The summed E-state index contributed by atoms with van der Waals surface area (Å²) in [6.45, 7) is 15.3. The van der Waals surface area contributed by atoms with Crippen LogP contribution in [0.2, 0.25) is 13.1 Å². The van der Waals surface area contributed by atoms with Gasteiger partial charge in [0.2, 0.25) is 0 Å². The van der Waals surface area contributed by atoms with Crippen LogP contribution in [0.15, 0.2) is 113 Å². The minimum Gasteiger partial charge on any atom is -0.269 e. The van der Waals surface area contributed by atoms with E-state index in [-0.39, 0.29) is 56.4 Å². The number of rotatable bonds is 4. The first kappa shape index (κ1) is 40.7. The Labute approximate surface area is 279 Å². The average molecular weight is 669 g/mol. The molecule has 0 saturated carbocycles. The molecule has 0 amide bonds. The molecule has 0 saturated heterocycles. The molecule has 0 fully saturated rings. The van der Waals surface area contributed by atoms with Gasteiger partial charge in [-0.1, -0.05) is 107 Å². The second-order valence-corrected chi connectivity index (χ2v) is 11.3. The van der Waals surface area contributed by atoms with Crippen molar-refractivity contribution in [2.24, 2.45) is 5.41 Å². The molecule has 0 nitrogen and oxygen atoms in total. The summed E-state index contributed by atoms with van der Waals surface area (Å²) in [5.41, 5.74) is 9.77. The summed E-state index contributed by atoms with van der Waals surface area (Å²) in [6.07, 6.45) is 22.7. The smallest absolute Gasteiger partial charge is 0.269 e. The number of allylic oxidation sites excluding steroid dienone is 12. The van der Waals surface area contributed by atoms with Gasteiger partial charge in [-0.25, -0.2) is 28.9 Å². The van der Waals surface area contributed by atoms with Crippen LogP contribution in [0.4, 0.5) is 0 Å². The second kappa shape index (κ2) is 22.2. The predicted molar refractivity (Wildman–Crippen MR) is 179 cm³/mol. The van der Waals surface area contributed by atoms with E-state index < -0.39 is 0 Å². The Bertz CT molecular complexity index is 1090. The van der Waals surface area contributed by atoms with Crippen LogP contribution in [0.25, 0.3) is 0 Å². The van der Waals surface area contributed by atoms with Gasteiger partial charge >= 0.3 is 26.2 Å². The molecule has 0 aromatic heterocycles. The third kappa shape index (κ3) is 15.0. The molecule has 2 aromatic carbocycles. The molecule has 2 aromatic rings. The molecule has 40 heavy (non-hydrogen) atoms. The molecule has 4 heteroatoms. The minimum absolute atomic E-state index is 0. The molecule has 0 spiro atoms. The van der Waals surface area contributed by atoms with Crippen molar-refractivity contribution in [2.75, 3.05) is 0 Å². The molecule has 212 valence electrons. The number of halogens is 2. The van der Waals surface area contributed by atoms with Crippen molar-refractivity contribution in [3.8, 4) is 0 Å². The zero-order valence-corrected chi connectivity index (χ0v) is 30.6. The molecule has 5 rings (SSSR count). The molecule has 0 heterocycles. The number of hydrogen-bond donors (Lipinski definition) is 0. The number of hydrogen-bond acceptors (Lipinski definition) is 0. The number of benzene rings is 2. The van der Waals surface area contributed by atoms with Gasteiger partial charge in [0.15, 0.2) is 0 Å². The van der Waals surface area contributed by atoms with E-state index in [4.69, 9.17) is 0 Å². The molecular formula is C36H46Cl2SiZr. The van der Waals surface area contributed by atoms with Crippen molar-refractivity contribution in [2.45, 2.75) is 73.4 Å². The van der Waals surface area contributed by atoms with Gasteiger partial charge in [0.05, 0.1) is 0 Å². The van der Waals surface area contributed by atoms with E-state index in [1.165, 1.54) is 39.0 Å². The van der Waals surface area contributed by atoms with Gasteiger partial charge in [0.1, 0.15) is 0 Å². The predicted octanol–water partition coefficient (Wildman–Crippen LogP) is 10.3. The van der Waals surface area contributed by atoms with Crippen molar-refractivity contribution in [1.82, 2.24) is 0 Å². The molecule has 2 radical (unpaired) electrons. The maximum absolute atomic E-state index is 3.44. The van der Waals surface area contributed by atoms with Gasteiger partial charge < -0.3 is 0 Å². The first-order valence-electron chi connectivity index (χ1n) is 13.4. The van der Waals surface area contributed by atoms with Crippen LogP contribution < -0.4 is 0 Å². The maximum atomic E-state index is 3.44. The van der Waals surface area contributed by atoms with E-state index in [1.807, 2.05) is 12.1 Å². The van der Waals surface area contributed by atoms with Gasteiger partial charge in [-0.3, -0.25) is 18.2 Å². The van der Waals surface area contributed by atoms with Crippen molar-refractivity contribution in [1.29, 1.82) is 0 Å². The van der Waals surface area contributed by atoms with Gasteiger partial charge in [-0.05, 0) is 24.0 Å². The van der Waals surface area contributed by atoms with Crippen molar-refractivity contribution >= 4 is 34.3 Å². The Balaban J connectivity index is 0. The Morgan fingerprint density at radius 3 is 1.30 bits per heavy atom. The van der Waals surface area contributed by atoms with Crippen molar-refractivity contribution in [3.63, 3.8) is 0 Å². The molecule has 3 aliphatic rings. The van der Waals surface area contributed by atoms with Crippen LogP contribution in [0.1, 0.15) is 58.6 Å². The van der Waals surface area contributed by atoms with E-state index in [9.17, 15) is 0 Å². The Kier molecular flexibility index (Phi) is 22.6. The van der Waals surface area contributed by atoms with E-state index in [0.717, 1.165) is 35.2 Å². The molecule has 0 atom stereocenters. The zero-order valence-electron chi connectivity index (χ0n) is 25.3. The van der Waals surface area contributed by atoms with E-state index in [2.05, 4.69) is 139 Å². The van der Waals surface area contributed by atoms with Crippen LogP contribution in [0, 0.1) is 23.6 Å². The SMILES string of the molecule is CC1=[C-]C(C)(C)C(C)=C1C.C[SiH]C.Cl.Cl.[C-]1=C(Cc2ccccc2)C=CC1.[C-]1=C(Cc2ccccc2)C=CC1.[Zr+3]. The van der Waals surface area contributed by atoms with Crippen LogP contribution in [-0.2, 0) is 39.0 Å².